The molecule has 660 valence electrons. The molecule has 0 radical (unpaired) electrons. The summed E-state index contributed by atoms with van der Waals surface area (Å²) < 4.78 is 73.5. The Morgan fingerprint density at radius 3 is 1.02 bits per heavy atom. The highest BCUT2D eigenvalue weighted by atomic mass is 32.1. The molecule has 0 amide bonds. The van der Waals surface area contributed by atoms with Gasteiger partial charge in [0.15, 0.2) is 11.5 Å². The zero-order valence-electron chi connectivity index (χ0n) is 71.0. The number of aromatic nitrogens is 1. The molecule has 8 aromatic rings. The molecule has 0 atom stereocenters. The average Bonchev–Trinajstić information content (AvgIpc) is 1.62. The molecule has 0 spiro atoms. The maximum Gasteiger partial charge on any atom is 0.338 e. The average molecular weight is 1750 g/mol. The summed E-state index contributed by atoms with van der Waals surface area (Å²) >= 11 is 4.73. The van der Waals surface area contributed by atoms with Gasteiger partial charge in [0, 0.05) is 45.9 Å². The van der Waals surface area contributed by atoms with Crippen LogP contribution in [0.5, 0.6) is 46.0 Å². The number of methoxy groups -OCH3 is 4. The van der Waals surface area contributed by atoms with Gasteiger partial charge < -0.3 is 66.3 Å². The van der Waals surface area contributed by atoms with Crippen LogP contribution in [0.2, 0.25) is 0 Å². The molecule has 0 aliphatic heterocycles. The van der Waals surface area contributed by atoms with Crippen LogP contribution >= 0.6 is 34.0 Å². The zero-order valence-corrected chi connectivity index (χ0v) is 73.4. The van der Waals surface area contributed by atoms with E-state index >= 15 is 0 Å². The summed E-state index contributed by atoms with van der Waals surface area (Å²) in [6.45, 7) is 20.0. The van der Waals surface area contributed by atoms with Crippen LogP contribution < -0.4 is 37.9 Å². The smallest absolute Gasteiger partial charge is 0.338 e. The Bertz CT molecular complexity index is 4510. The number of rotatable bonds is 44. The van der Waals surface area contributed by atoms with E-state index in [2.05, 4.69) is 38.4 Å². The van der Waals surface area contributed by atoms with Crippen LogP contribution in [0.15, 0.2) is 189 Å². The van der Waals surface area contributed by atoms with Crippen LogP contribution in [0.1, 0.15) is 163 Å². The number of hydrogen-bond donors (Lipinski definition) is 0. The number of esters is 8. The van der Waals surface area contributed by atoms with Crippen LogP contribution in [0.25, 0.3) is 29.9 Å². The van der Waals surface area contributed by atoms with Crippen molar-refractivity contribution in [2.45, 2.75) is 142 Å². The number of ketones is 2. The highest BCUT2D eigenvalue weighted by molar-refractivity contribution is 7.28. The van der Waals surface area contributed by atoms with Gasteiger partial charge >= 0.3 is 47.8 Å². The van der Waals surface area contributed by atoms with E-state index in [0.29, 0.717) is 155 Å². The van der Waals surface area contributed by atoms with Gasteiger partial charge in [-0.05, 0) is 275 Å². The number of thiazole rings is 1. The van der Waals surface area contributed by atoms with E-state index in [9.17, 15) is 47.9 Å². The van der Waals surface area contributed by atoms with Crippen LogP contribution in [-0.2, 0) is 66.8 Å². The van der Waals surface area contributed by atoms with Gasteiger partial charge in [-0.15, -0.1) is 34.0 Å². The number of thiophene rings is 2. The minimum absolute atomic E-state index is 0.0215. The molecule has 5 aromatic carbocycles. The summed E-state index contributed by atoms with van der Waals surface area (Å²) in [4.78, 5) is 125. The highest BCUT2D eigenvalue weighted by Gasteiger charge is 2.33. The van der Waals surface area contributed by atoms with E-state index in [1.165, 1.54) is 22.3 Å². The molecule has 2 aliphatic carbocycles. The van der Waals surface area contributed by atoms with Crippen molar-refractivity contribution < 1.29 is 114 Å². The van der Waals surface area contributed by atoms with E-state index < -0.39 is 11.9 Å². The van der Waals surface area contributed by atoms with E-state index in [-0.39, 0.29) is 77.7 Å². The molecule has 123 heavy (non-hydrogen) atoms. The van der Waals surface area contributed by atoms with Gasteiger partial charge in [0.05, 0.1) is 109 Å². The quantitative estimate of drug-likeness (QED) is 0.0113. The lowest BCUT2D eigenvalue weighted by atomic mass is 9.80. The van der Waals surface area contributed by atoms with Crippen molar-refractivity contribution in [3.8, 4) is 65.6 Å². The number of carbonyl (C=O) groups excluding carboxylic acids is 10. The van der Waals surface area contributed by atoms with Gasteiger partial charge in [0.2, 0.25) is 0 Å². The number of Topliss-reactive ketones (excluding diaryl/α,β-unsaturated/α-hetero) is 2. The summed E-state index contributed by atoms with van der Waals surface area (Å²) in [5.41, 5.74) is 1.48. The molecule has 3 aromatic heterocycles. The SMILES string of the molecule is C=CC(=O)OCCCCCCOC(=O)c1ccc(OC)cc1.C=CC(=O)OCCCCCCOc1ccc(OC)cc1.C=CC(=O)OCCCCOC(=O)c1ccc(OC)cc1.C=CC(=O)OCCCCOc1ccc(OC)cc1.CC(=O)C1CCC(C(=O)Oc2ccc(OC(=O)C3CCC(C(C)=O)CC3)c3sc(-c4ccc(-c5cccs5)s4)nc23)CC1. The van der Waals surface area contributed by atoms with Gasteiger partial charge in [-0.2, -0.15) is 0 Å². The summed E-state index contributed by atoms with van der Waals surface area (Å²) in [6, 6.07) is 40.0. The molecule has 2 saturated carbocycles. The Kier molecular flexibility index (Phi) is 46.8. The standard InChI is InChI=1S/C33H33NO6S3.C17H22O5.C16H22O4.C15H18O5.C14H18O4/c1-18(35)20-5-9-22(10-6-20)32(37)39-24-13-14-25(40-33(38)23-11-7-21(8-12-23)19(2)36)30-29(24)34-31(43-30)28-16-15-27(42-28)26-4-3-17-41-26;1-3-16(18)21-12-6-4-5-7-13-22-17(19)14-8-10-15(20-2)11-9-14;1-3-16(17)20-13-7-5-4-6-12-19-15-10-8-14(18-2)9-11-15;1-3-14(16)19-10-4-5-11-20-15(17)12-6-8-13(18-2)9-7-12;1-3-14(15)18-11-5-4-10-17-13-8-6-12(16-2)7-9-13/h3-4,13-17,20-23H,5-12H2,1-2H3;3,8-11H,1,4-7,12-13H2,2H3;3,8-11H,1,4-7,12-13H2,2H3;3,6-9H,1,4-5,10-11H2,2H3;3,6-9H,1,4-5,10-11H2,2H3. The van der Waals surface area contributed by atoms with Gasteiger partial charge in [-0.3, -0.25) is 19.2 Å². The summed E-state index contributed by atoms with van der Waals surface area (Å²) in [7, 11) is 6.40. The Morgan fingerprint density at radius 1 is 0.350 bits per heavy atom. The van der Waals surface area contributed by atoms with Crippen molar-refractivity contribution in [2.75, 3.05) is 81.3 Å². The zero-order chi connectivity index (χ0) is 88.9. The predicted molar refractivity (Wildman–Crippen MR) is 473 cm³/mol. The van der Waals surface area contributed by atoms with Crippen molar-refractivity contribution in [1.29, 1.82) is 0 Å². The molecule has 28 heteroatoms. The number of benzene rings is 5. The third kappa shape index (κ3) is 37.6. The van der Waals surface area contributed by atoms with Crippen molar-refractivity contribution in [3.05, 3.63) is 201 Å². The highest BCUT2D eigenvalue weighted by Crippen LogP contribution is 2.45. The summed E-state index contributed by atoms with van der Waals surface area (Å²) in [5.74, 6) is 2.38. The van der Waals surface area contributed by atoms with Crippen molar-refractivity contribution in [3.63, 3.8) is 0 Å². The van der Waals surface area contributed by atoms with Crippen LogP contribution in [-0.4, -0.2) is 146 Å². The molecule has 10 rings (SSSR count). The fourth-order valence-electron chi connectivity index (χ4n) is 12.2. The largest absolute Gasteiger partial charge is 0.497 e. The Balaban J connectivity index is 0.000000252. The second-order valence-corrected chi connectivity index (χ2v) is 31.1. The maximum absolute atomic E-state index is 13.2. The number of hydrogen-bond acceptors (Lipinski definition) is 28. The fraction of sp³-hybridized carbons (Fsp3) is 0.400. The predicted octanol–water partition coefficient (Wildman–Crippen LogP) is 19.8. The number of ether oxygens (including phenoxy) is 14. The van der Waals surface area contributed by atoms with Crippen LogP contribution in [0, 0.1) is 23.7 Å². The Labute approximate surface area is 731 Å². The van der Waals surface area contributed by atoms with E-state index in [0.717, 1.165) is 120 Å². The van der Waals surface area contributed by atoms with Gasteiger partial charge in [-0.1, -0.05) is 32.4 Å². The third-order valence-electron chi connectivity index (χ3n) is 19.3. The fourth-order valence-corrected chi connectivity index (χ4v) is 15.1. The van der Waals surface area contributed by atoms with Crippen molar-refractivity contribution in [1.82, 2.24) is 4.98 Å². The Hall–Kier alpha value is -11.8. The molecular formula is C95H113NO24S3. The third-order valence-corrected chi connectivity index (χ3v) is 22.7. The lowest BCUT2D eigenvalue weighted by Gasteiger charge is -2.25. The van der Waals surface area contributed by atoms with Gasteiger partial charge in [0.25, 0.3) is 0 Å². The topological polar surface area (TPSA) is 313 Å². The molecule has 0 saturated heterocycles. The van der Waals surface area contributed by atoms with E-state index in [4.69, 9.17) is 71.3 Å². The van der Waals surface area contributed by atoms with Crippen molar-refractivity contribution >= 4 is 104 Å². The normalized spacial score (nSPS) is 14.1. The number of carbonyl (C=O) groups is 10. The van der Waals surface area contributed by atoms with Gasteiger partial charge in [-0.25, -0.2) is 33.8 Å². The van der Waals surface area contributed by atoms with Crippen LogP contribution in [0.3, 0.4) is 0 Å². The molecule has 2 aliphatic rings. The van der Waals surface area contributed by atoms with E-state index in [1.807, 2.05) is 66.0 Å². The van der Waals surface area contributed by atoms with Gasteiger partial charge in [0.1, 0.15) is 61.3 Å². The van der Waals surface area contributed by atoms with Crippen molar-refractivity contribution in [2.24, 2.45) is 23.7 Å². The first-order valence-corrected chi connectivity index (χ1v) is 43.5. The molecule has 2 fully saturated rings. The first-order valence-electron chi connectivity index (χ1n) is 41.0. The molecule has 25 nitrogen and oxygen atoms in total. The molecule has 3 heterocycles. The molecule has 0 N–H and O–H groups in total. The Morgan fingerprint density at radius 2 is 0.667 bits per heavy atom. The molecule has 0 bridgehead atoms. The number of fused-ring (bicyclic) bond motifs is 1. The maximum atomic E-state index is 13.2. The number of unbranched alkanes of at least 4 members (excludes halogenated alkanes) is 8. The molecular weight excluding hydrogens is 1640 g/mol. The first kappa shape index (κ1) is 100. The summed E-state index contributed by atoms with van der Waals surface area (Å²) in [5, 5.41) is 2.81. The monoisotopic (exact) mass is 1750 g/mol. The minimum atomic E-state index is -0.444. The molecule has 0 unspecified atom stereocenters. The number of nitrogens with zero attached hydrogens (tertiary/aromatic N) is 1. The minimum Gasteiger partial charge on any atom is -0.497 e. The second-order valence-electron chi connectivity index (χ2n) is 28.1. The lowest BCUT2D eigenvalue weighted by Crippen LogP contribution is -2.28. The summed E-state index contributed by atoms with van der Waals surface area (Å²) in [6.07, 6.45) is 20.1. The van der Waals surface area contributed by atoms with E-state index in [1.54, 1.807) is 126 Å². The van der Waals surface area contributed by atoms with Crippen LogP contribution in [0.4, 0.5) is 0 Å². The lowest BCUT2D eigenvalue weighted by molar-refractivity contribution is -0.141. The first-order chi connectivity index (χ1) is 59.6. The second kappa shape index (κ2) is 57.5.